The minimum Gasteiger partial charge on any atom is -0.311 e. The van der Waals surface area contributed by atoms with Crippen molar-refractivity contribution in [1.82, 2.24) is 9.96 Å². The second kappa shape index (κ2) is 10.6. The highest BCUT2D eigenvalue weighted by Crippen LogP contribution is 2.23. The van der Waals surface area contributed by atoms with Crippen LogP contribution in [0.25, 0.3) is 0 Å². The average Bonchev–Trinajstić information content (AvgIpc) is 2.77. The lowest BCUT2D eigenvalue weighted by molar-refractivity contribution is -0.142. The summed E-state index contributed by atoms with van der Waals surface area (Å²) < 4.78 is 0.821. The highest BCUT2D eigenvalue weighted by atomic mass is 79.9. The molecule has 0 saturated carbocycles. The number of carbonyl (C=O) groups is 3. The van der Waals surface area contributed by atoms with Crippen molar-refractivity contribution in [3.8, 4) is 0 Å². The smallest absolute Gasteiger partial charge is 0.311 e. The van der Waals surface area contributed by atoms with Gasteiger partial charge >= 0.3 is 6.09 Å². The molecule has 3 amide bonds. The first-order valence-corrected chi connectivity index (χ1v) is 11.2. The van der Waals surface area contributed by atoms with Crippen LogP contribution in [0.5, 0.6) is 0 Å². The Morgan fingerprint density at radius 2 is 1.81 bits per heavy atom. The summed E-state index contributed by atoms with van der Waals surface area (Å²) in [6, 6.07) is 13.6. The van der Waals surface area contributed by atoms with Gasteiger partial charge in [-0.2, -0.15) is 0 Å². The highest BCUT2D eigenvalue weighted by molar-refractivity contribution is 9.10. The molecule has 0 unspecified atom stereocenters. The first kappa shape index (κ1) is 23.0. The van der Waals surface area contributed by atoms with Gasteiger partial charge in [-0.05, 0) is 74.8 Å². The van der Waals surface area contributed by atoms with Gasteiger partial charge in [0.1, 0.15) is 0 Å². The van der Waals surface area contributed by atoms with Crippen molar-refractivity contribution in [3.63, 3.8) is 0 Å². The number of hydrogen-bond acceptors (Lipinski definition) is 4. The fraction of sp³-hybridized carbons (Fsp3) is 0.375. The minimum absolute atomic E-state index is 0.232. The SMILES string of the molecule is Cc1ccc(CCC2CCN(C(=O)ON(C=O)C(=O)c3ccc(Br)cc3C)CC2)cc1. The van der Waals surface area contributed by atoms with E-state index in [2.05, 4.69) is 47.1 Å². The molecule has 7 heteroatoms. The monoisotopic (exact) mass is 486 g/mol. The third-order valence-corrected chi connectivity index (χ3v) is 6.22. The van der Waals surface area contributed by atoms with Gasteiger partial charge in [-0.1, -0.05) is 50.8 Å². The number of hydroxylamine groups is 2. The summed E-state index contributed by atoms with van der Waals surface area (Å²) >= 11 is 3.34. The molecule has 6 nitrogen and oxygen atoms in total. The molecule has 1 aliphatic rings. The lowest BCUT2D eigenvalue weighted by atomic mass is 9.90. The van der Waals surface area contributed by atoms with Gasteiger partial charge in [-0.3, -0.25) is 9.59 Å². The van der Waals surface area contributed by atoms with Crippen molar-refractivity contribution in [1.29, 1.82) is 0 Å². The van der Waals surface area contributed by atoms with Crippen LogP contribution in [-0.4, -0.2) is 41.5 Å². The van der Waals surface area contributed by atoms with Crippen LogP contribution < -0.4 is 0 Å². The van der Waals surface area contributed by atoms with Crippen molar-refractivity contribution >= 4 is 34.3 Å². The number of aryl methyl sites for hydroxylation is 3. The normalized spacial score (nSPS) is 14.2. The number of hydrogen-bond donors (Lipinski definition) is 0. The van der Waals surface area contributed by atoms with Crippen LogP contribution in [0.15, 0.2) is 46.9 Å². The number of rotatable bonds is 5. The second-order valence-corrected chi connectivity index (χ2v) is 8.92. The van der Waals surface area contributed by atoms with Crippen molar-refractivity contribution in [2.45, 2.75) is 39.5 Å². The van der Waals surface area contributed by atoms with Crippen molar-refractivity contribution in [2.24, 2.45) is 5.92 Å². The second-order valence-electron chi connectivity index (χ2n) is 8.01. The molecule has 0 aliphatic carbocycles. The largest absolute Gasteiger partial charge is 0.434 e. The van der Waals surface area contributed by atoms with Crippen LogP contribution >= 0.6 is 15.9 Å². The van der Waals surface area contributed by atoms with E-state index in [1.807, 2.05) is 0 Å². The number of carbonyl (C=O) groups excluding carboxylic acids is 3. The summed E-state index contributed by atoms with van der Waals surface area (Å²) in [4.78, 5) is 43.2. The van der Waals surface area contributed by atoms with Gasteiger partial charge in [0, 0.05) is 23.1 Å². The average molecular weight is 487 g/mol. The molecule has 2 aromatic rings. The van der Waals surface area contributed by atoms with Gasteiger partial charge in [0.05, 0.1) is 0 Å². The Balaban J connectivity index is 1.49. The lowest BCUT2D eigenvalue weighted by Gasteiger charge is -2.31. The highest BCUT2D eigenvalue weighted by Gasteiger charge is 2.28. The first-order chi connectivity index (χ1) is 14.9. The summed E-state index contributed by atoms with van der Waals surface area (Å²) in [5, 5.41) is 0.474. The zero-order chi connectivity index (χ0) is 22.4. The Labute approximate surface area is 191 Å². The predicted octanol–water partition coefficient (Wildman–Crippen LogP) is 5.06. The Hall–Kier alpha value is -2.67. The topological polar surface area (TPSA) is 66.9 Å². The maximum atomic E-state index is 12.6. The van der Waals surface area contributed by atoms with Crippen molar-refractivity contribution in [2.75, 3.05) is 13.1 Å². The predicted molar refractivity (Wildman–Crippen MR) is 121 cm³/mol. The summed E-state index contributed by atoms with van der Waals surface area (Å²) in [5.41, 5.74) is 3.57. The molecule has 164 valence electrons. The van der Waals surface area contributed by atoms with Crippen LogP contribution in [0.2, 0.25) is 0 Å². The number of halogens is 1. The summed E-state index contributed by atoms with van der Waals surface area (Å²) in [6.07, 6.45) is 3.41. The summed E-state index contributed by atoms with van der Waals surface area (Å²) in [5.74, 6) is -0.124. The molecule has 3 rings (SSSR count). The third-order valence-electron chi connectivity index (χ3n) is 5.73. The molecular formula is C24H27BrN2O4. The zero-order valence-electron chi connectivity index (χ0n) is 17.8. The van der Waals surface area contributed by atoms with Crippen molar-refractivity contribution < 1.29 is 19.2 Å². The Morgan fingerprint density at radius 1 is 1.13 bits per heavy atom. The molecule has 2 aromatic carbocycles. The van der Waals surface area contributed by atoms with E-state index in [4.69, 9.17) is 4.84 Å². The quantitative estimate of drug-likeness (QED) is 0.437. The number of nitrogens with zero attached hydrogens (tertiary/aromatic N) is 2. The Morgan fingerprint density at radius 3 is 2.42 bits per heavy atom. The van der Waals surface area contributed by atoms with Crippen molar-refractivity contribution in [3.05, 3.63) is 69.2 Å². The minimum atomic E-state index is -0.674. The third kappa shape index (κ3) is 6.17. The number of benzene rings is 2. The van der Waals surface area contributed by atoms with Crippen LogP contribution in [0.4, 0.5) is 4.79 Å². The van der Waals surface area contributed by atoms with E-state index in [1.54, 1.807) is 30.0 Å². The van der Waals surface area contributed by atoms with Gasteiger partial charge in [0.15, 0.2) is 0 Å². The van der Waals surface area contributed by atoms with E-state index in [9.17, 15) is 14.4 Å². The molecule has 0 bridgehead atoms. The van der Waals surface area contributed by atoms with Gasteiger partial charge in [-0.15, -0.1) is 0 Å². The molecule has 1 heterocycles. The van der Waals surface area contributed by atoms with E-state index in [-0.39, 0.29) is 6.41 Å². The maximum absolute atomic E-state index is 12.6. The lowest BCUT2D eigenvalue weighted by Crippen LogP contribution is -2.43. The molecule has 0 spiro atoms. The van der Waals surface area contributed by atoms with Gasteiger partial charge in [-0.25, -0.2) is 4.79 Å². The summed E-state index contributed by atoms with van der Waals surface area (Å²) in [7, 11) is 0. The van der Waals surface area contributed by atoms with E-state index >= 15 is 0 Å². The molecule has 1 fully saturated rings. The molecule has 0 radical (unpaired) electrons. The van der Waals surface area contributed by atoms with Gasteiger partial charge < -0.3 is 9.74 Å². The van der Waals surface area contributed by atoms with Gasteiger partial charge in [0.2, 0.25) is 0 Å². The fourth-order valence-electron chi connectivity index (χ4n) is 3.77. The zero-order valence-corrected chi connectivity index (χ0v) is 19.4. The van der Waals surface area contributed by atoms with E-state index in [0.29, 0.717) is 35.2 Å². The van der Waals surface area contributed by atoms with Crippen LogP contribution in [0.1, 0.15) is 46.3 Å². The van der Waals surface area contributed by atoms with Crippen LogP contribution in [0, 0.1) is 19.8 Å². The maximum Gasteiger partial charge on any atom is 0.434 e. The first-order valence-electron chi connectivity index (χ1n) is 10.4. The number of likely N-dealkylation sites (tertiary alicyclic amines) is 1. The van der Waals surface area contributed by atoms with Crippen LogP contribution in [0.3, 0.4) is 0 Å². The van der Waals surface area contributed by atoms with Gasteiger partial charge in [0.25, 0.3) is 12.3 Å². The fourth-order valence-corrected chi connectivity index (χ4v) is 4.24. The Kier molecular flexibility index (Phi) is 7.85. The molecule has 0 aromatic heterocycles. The molecule has 1 saturated heterocycles. The summed E-state index contributed by atoms with van der Waals surface area (Å²) in [6.45, 7) is 4.94. The molecule has 31 heavy (non-hydrogen) atoms. The molecule has 0 N–H and O–H groups in total. The standard InChI is InChI=1S/C24H27BrN2O4/c1-17-3-5-19(6-4-17)7-8-20-11-13-26(14-12-20)24(30)31-27(16-28)23(29)22-10-9-21(25)15-18(22)2/h3-6,9-10,15-16,20H,7-8,11-14H2,1-2H3. The number of amides is 3. The van der Waals surface area contributed by atoms with E-state index < -0.39 is 12.0 Å². The molecular weight excluding hydrogens is 460 g/mol. The van der Waals surface area contributed by atoms with Crippen LogP contribution in [-0.2, 0) is 16.1 Å². The Bertz CT molecular complexity index is 937. The van der Waals surface area contributed by atoms with E-state index in [1.165, 1.54) is 11.1 Å². The molecule has 1 aliphatic heterocycles. The van der Waals surface area contributed by atoms with E-state index in [0.717, 1.165) is 30.2 Å². The molecule has 0 atom stereocenters. The number of imide groups is 1. The number of piperidine rings is 1.